The van der Waals surface area contributed by atoms with Crippen molar-refractivity contribution in [3.8, 4) is 28.7 Å². The lowest BCUT2D eigenvalue weighted by atomic mass is 9.98. The Morgan fingerprint density at radius 2 is 1.26 bits per heavy atom. The summed E-state index contributed by atoms with van der Waals surface area (Å²) in [5.74, 6) is 2.25. The van der Waals surface area contributed by atoms with Crippen molar-refractivity contribution in [1.29, 1.82) is 0 Å². The Kier molecular flexibility index (Phi) is 11.6. The van der Waals surface area contributed by atoms with E-state index in [1.807, 2.05) is 32.0 Å². The summed E-state index contributed by atoms with van der Waals surface area (Å²) in [5.41, 5.74) is 2.18. The molecule has 0 saturated carbocycles. The Labute approximate surface area is 209 Å². The van der Waals surface area contributed by atoms with E-state index < -0.39 is 8.17 Å². The van der Waals surface area contributed by atoms with Crippen LogP contribution in [0.1, 0.15) is 50.7 Å². The third-order valence-corrected chi connectivity index (χ3v) is 6.69. The van der Waals surface area contributed by atoms with Crippen LogP contribution in [-0.4, -0.2) is 46.5 Å². The summed E-state index contributed by atoms with van der Waals surface area (Å²) in [4.78, 5) is 11.1. The summed E-state index contributed by atoms with van der Waals surface area (Å²) in [6.07, 6.45) is 3.39. The van der Waals surface area contributed by atoms with Crippen LogP contribution in [0.3, 0.4) is 0 Å². The van der Waals surface area contributed by atoms with Gasteiger partial charge in [0.1, 0.15) is 13.2 Å². The number of rotatable bonds is 16. The third kappa shape index (κ3) is 7.74. The molecule has 0 bridgehead atoms. The molecule has 0 saturated heterocycles. The van der Waals surface area contributed by atoms with E-state index in [-0.39, 0.29) is 0 Å². The maximum absolute atomic E-state index is 11.1. The molecule has 2 rings (SSSR count). The lowest BCUT2D eigenvalue weighted by Gasteiger charge is -2.18. The molecule has 0 aliphatic rings. The van der Waals surface area contributed by atoms with Gasteiger partial charge in [0.15, 0.2) is 17.2 Å². The average Bonchev–Trinajstić information content (AvgIpc) is 2.87. The third-order valence-electron chi connectivity index (χ3n) is 5.24. The molecular formula is C26H38O8P+. The fourth-order valence-corrected chi connectivity index (χ4v) is 4.51. The molecule has 0 heterocycles. The van der Waals surface area contributed by atoms with Crippen LogP contribution < -0.4 is 23.5 Å². The molecule has 2 aromatic rings. The average molecular weight is 510 g/mol. The van der Waals surface area contributed by atoms with Gasteiger partial charge >= 0.3 is 8.17 Å². The fraction of sp³-hybridized carbons (Fsp3) is 0.462. The summed E-state index contributed by atoms with van der Waals surface area (Å²) in [6.45, 7) is 8.99. The lowest BCUT2D eigenvalue weighted by Crippen LogP contribution is -2.11. The van der Waals surface area contributed by atoms with Gasteiger partial charge in [-0.25, -0.2) is 0 Å². The Balaban J connectivity index is 2.41. The van der Waals surface area contributed by atoms with Crippen LogP contribution in [-0.2, 0) is 9.05 Å². The predicted octanol–water partition coefficient (Wildman–Crippen LogP) is 6.46. The molecule has 194 valence electrons. The van der Waals surface area contributed by atoms with Gasteiger partial charge in [-0.05, 0) is 53.8 Å². The van der Waals surface area contributed by atoms with Crippen molar-refractivity contribution in [3.05, 3.63) is 48.0 Å². The maximum atomic E-state index is 11.1. The predicted molar refractivity (Wildman–Crippen MR) is 139 cm³/mol. The van der Waals surface area contributed by atoms with E-state index in [2.05, 4.69) is 6.58 Å². The van der Waals surface area contributed by atoms with E-state index in [0.29, 0.717) is 47.5 Å². The minimum atomic E-state index is -3.62. The second-order valence-electron chi connectivity index (χ2n) is 7.69. The smallest absolute Gasteiger partial charge is 0.493 e. The highest BCUT2D eigenvalue weighted by atomic mass is 31.2. The quantitative estimate of drug-likeness (QED) is 0.204. The van der Waals surface area contributed by atoms with E-state index in [1.165, 1.54) is 7.11 Å². The first-order chi connectivity index (χ1) is 16.9. The second-order valence-corrected chi connectivity index (χ2v) is 9.33. The zero-order chi connectivity index (χ0) is 25.8. The van der Waals surface area contributed by atoms with Crippen molar-refractivity contribution in [2.45, 2.75) is 39.5 Å². The van der Waals surface area contributed by atoms with Crippen LogP contribution in [0.4, 0.5) is 0 Å². The molecule has 35 heavy (non-hydrogen) atoms. The van der Waals surface area contributed by atoms with E-state index in [4.69, 9.17) is 32.5 Å². The highest BCUT2D eigenvalue weighted by molar-refractivity contribution is 7.55. The molecule has 0 aliphatic carbocycles. The molecule has 0 aliphatic heterocycles. The monoisotopic (exact) mass is 509 g/mol. The molecule has 0 amide bonds. The topological polar surface area (TPSA) is 84.8 Å². The zero-order valence-electron chi connectivity index (χ0n) is 21.6. The molecule has 0 unspecified atom stereocenters. The summed E-state index contributed by atoms with van der Waals surface area (Å²) in [7, 11) is 2.59. The van der Waals surface area contributed by atoms with Gasteiger partial charge in [-0.1, -0.05) is 39.3 Å². The Hall–Kier alpha value is -2.51. The number of hydrogen-bond donors (Lipinski definition) is 1. The van der Waals surface area contributed by atoms with E-state index in [0.717, 1.165) is 36.8 Å². The van der Waals surface area contributed by atoms with Crippen LogP contribution in [0.25, 0.3) is 5.57 Å². The number of ether oxygens (including phenoxy) is 4. The van der Waals surface area contributed by atoms with Crippen LogP contribution >= 0.6 is 8.17 Å². The van der Waals surface area contributed by atoms with Crippen molar-refractivity contribution in [2.75, 3.05) is 41.7 Å². The van der Waals surface area contributed by atoms with Gasteiger partial charge in [-0.15, -0.1) is 9.05 Å². The summed E-state index contributed by atoms with van der Waals surface area (Å²) >= 11 is 0. The highest BCUT2D eigenvalue weighted by Crippen LogP contribution is 2.59. The SMILES string of the molecule is C=C(c1ccc(OC)c(O[P+](O)(OCCCC)OCCCC)c1)c1cc(OC)c(OC)c(OC)c1. The van der Waals surface area contributed by atoms with Gasteiger partial charge in [0.05, 0.1) is 28.4 Å². The Morgan fingerprint density at radius 1 is 0.743 bits per heavy atom. The first-order valence-electron chi connectivity index (χ1n) is 11.6. The van der Waals surface area contributed by atoms with Gasteiger partial charge < -0.3 is 18.9 Å². The molecule has 0 atom stereocenters. The van der Waals surface area contributed by atoms with Crippen LogP contribution in [0.5, 0.6) is 28.7 Å². The van der Waals surface area contributed by atoms with E-state index in [9.17, 15) is 4.89 Å². The van der Waals surface area contributed by atoms with Gasteiger partial charge in [-0.2, -0.15) is 4.89 Å². The Bertz CT molecular complexity index is 927. The minimum Gasteiger partial charge on any atom is -0.493 e. The van der Waals surface area contributed by atoms with Gasteiger partial charge in [0, 0.05) is 0 Å². The molecule has 1 N–H and O–H groups in total. The van der Waals surface area contributed by atoms with Crippen molar-refractivity contribution in [3.63, 3.8) is 0 Å². The molecule has 2 aromatic carbocycles. The molecule has 0 aromatic heterocycles. The largest absolute Gasteiger partial charge is 0.619 e. The molecule has 0 radical (unpaired) electrons. The van der Waals surface area contributed by atoms with Gasteiger partial charge in [-0.3, -0.25) is 4.52 Å². The van der Waals surface area contributed by atoms with Gasteiger partial charge in [0.25, 0.3) is 0 Å². The van der Waals surface area contributed by atoms with Crippen LogP contribution in [0, 0.1) is 0 Å². The van der Waals surface area contributed by atoms with Crippen molar-refractivity contribution < 1.29 is 37.4 Å². The van der Waals surface area contributed by atoms with Crippen molar-refractivity contribution in [2.24, 2.45) is 0 Å². The first-order valence-corrected chi connectivity index (χ1v) is 13.1. The fourth-order valence-electron chi connectivity index (χ4n) is 3.22. The van der Waals surface area contributed by atoms with Crippen molar-refractivity contribution >= 4 is 13.7 Å². The molecule has 0 spiro atoms. The number of methoxy groups -OCH3 is 4. The Morgan fingerprint density at radius 3 is 1.71 bits per heavy atom. The molecular weight excluding hydrogens is 471 g/mol. The number of unbranched alkanes of at least 4 members (excludes halogenated alkanes) is 2. The maximum Gasteiger partial charge on any atom is 0.619 e. The second kappa shape index (κ2) is 14.1. The molecule has 9 heteroatoms. The van der Waals surface area contributed by atoms with Crippen LogP contribution in [0.15, 0.2) is 36.9 Å². The van der Waals surface area contributed by atoms with E-state index in [1.54, 1.807) is 33.5 Å². The number of benzene rings is 2. The summed E-state index contributed by atoms with van der Waals surface area (Å²) < 4.78 is 39.2. The first kappa shape index (κ1) is 28.7. The molecule has 0 fully saturated rings. The summed E-state index contributed by atoms with van der Waals surface area (Å²) in [6, 6.07) is 8.97. The number of hydrogen-bond acceptors (Lipinski definition) is 8. The van der Waals surface area contributed by atoms with Crippen LogP contribution in [0.2, 0.25) is 0 Å². The highest BCUT2D eigenvalue weighted by Gasteiger charge is 2.47. The van der Waals surface area contributed by atoms with E-state index >= 15 is 0 Å². The normalized spacial score (nSPS) is 11.2. The van der Waals surface area contributed by atoms with Crippen molar-refractivity contribution in [1.82, 2.24) is 0 Å². The standard InChI is InChI=1S/C26H38O8P/c1-8-10-14-32-35(27,33-15-11-9-2)34-23-16-20(12-13-22(23)28-4)19(3)21-17-24(29-5)26(31-7)25(18-21)30-6/h12-13,16-18,27H,3,8-11,14-15H2,1-2,4-7H3/q+1. The summed E-state index contributed by atoms with van der Waals surface area (Å²) in [5, 5.41) is 0. The van der Waals surface area contributed by atoms with Gasteiger partial charge in [0.2, 0.25) is 11.5 Å². The molecule has 8 nitrogen and oxygen atoms in total. The zero-order valence-corrected chi connectivity index (χ0v) is 22.5. The minimum absolute atomic E-state index is 0.294. The lowest BCUT2D eigenvalue weighted by molar-refractivity contribution is 0.119.